The van der Waals surface area contributed by atoms with E-state index in [1.165, 1.54) is 0 Å². The maximum atomic E-state index is 13.3. The Hall–Kier alpha value is -3.08. The Bertz CT molecular complexity index is 1120. The second-order valence-electron chi connectivity index (χ2n) is 6.33. The lowest BCUT2D eigenvalue weighted by Gasteiger charge is -2.18. The average molecular weight is 423 g/mol. The molecule has 0 fully saturated rings. The summed E-state index contributed by atoms with van der Waals surface area (Å²) in [6.45, 7) is 0. The molecule has 0 saturated carbocycles. The molecule has 1 aliphatic heterocycles. The molecule has 0 radical (unpaired) electrons. The van der Waals surface area contributed by atoms with Crippen LogP contribution in [0.2, 0.25) is 10.0 Å². The number of carbonyl (C=O) groups is 1. The molecule has 6 heteroatoms. The number of anilines is 1. The number of nitrogens with zero attached hydrogens (tertiary/aromatic N) is 2. The van der Waals surface area contributed by atoms with E-state index < -0.39 is 0 Å². The minimum absolute atomic E-state index is 0.233. The van der Waals surface area contributed by atoms with Gasteiger partial charge in [-0.3, -0.25) is 9.69 Å². The van der Waals surface area contributed by atoms with Crippen LogP contribution in [-0.2, 0) is 4.79 Å². The smallest absolute Gasteiger partial charge is 0.282 e. The first kappa shape index (κ1) is 19.2. The van der Waals surface area contributed by atoms with E-state index in [9.17, 15) is 4.79 Å². The highest BCUT2D eigenvalue weighted by Gasteiger charge is 2.32. The van der Waals surface area contributed by atoms with E-state index in [-0.39, 0.29) is 5.91 Å². The number of para-hydroxylation sites is 1. The Labute approximate surface area is 178 Å². The van der Waals surface area contributed by atoms with Gasteiger partial charge in [0.15, 0.2) is 0 Å². The number of carbonyl (C=O) groups excluding carboxylic acids is 1. The topological polar surface area (TPSA) is 41.9 Å². The van der Waals surface area contributed by atoms with Crippen molar-refractivity contribution in [2.45, 2.75) is 0 Å². The van der Waals surface area contributed by atoms with Crippen LogP contribution < -0.4 is 9.64 Å². The number of methoxy groups -OCH3 is 1. The van der Waals surface area contributed by atoms with Gasteiger partial charge in [0.05, 0.1) is 12.8 Å². The SMILES string of the molecule is COc1ccccc1/C=C1/N=C(c2ccc(Cl)cc2)N(c2ccc(Cl)cc2)C1=O. The second kappa shape index (κ2) is 8.11. The molecule has 0 bridgehead atoms. The minimum Gasteiger partial charge on any atom is -0.496 e. The minimum atomic E-state index is -0.233. The molecule has 1 aliphatic rings. The van der Waals surface area contributed by atoms with Crippen LogP contribution in [-0.4, -0.2) is 18.9 Å². The van der Waals surface area contributed by atoms with Gasteiger partial charge in [0, 0.05) is 21.2 Å². The fourth-order valence-electron chi connectivity index (χ4n) is 3.07. The van der Waals surface area contributed by atoms with Crippen molar-refractivity contribution in [2.24, 2.45) is 4.99 Å². The summed E-state index contributed by atoms with van der Waals surface area (Å²) < 4.78 is 5.39. The van der Waals surface area contributed by atoms with Crippen molar-refractivity contribution in [1.29, 1.82) is 0 Å². The van der Waals surface area contributed by atoms with Gasteiger partial charge < -0.3 is 4.74 Å². The number of rotatable bonds is 4. The normalized spacial score (nSPS) is 15.0. The van der Waals surface area contributed by atoms with Gasteiger partial charge >= 0.3 is 0 Å². The van der Waals surface area contributed by atoms with E-state index in [4.69, 9.17) is 27.9 Å². The first-order valence-corrected chi connectivity index (χ1v) is 9.62. The summed E-state index contributed by atoms with van der Waals surface area (Å²) in [4.78, 5) is 19.5. The molecular weight excluding hydrogens is 407 g/mol. The maximum Gasteiger partial charge on any atom is 0.282 e. The standard InChI is InChI=1S/C23H16Cl2N2O2/c1-29-21-5-3-2-4-16(21)14-20-23(28)27(19-12-10-18(25)11-13-19)22(26-20)15-6-8-17(24)9-7-15/h2-14H,1H3/b20-14+. The average Bonchev–Trinajstić information content (AvgIpc) is 3.06. The van der Waals surface area contributed by atoms with Gasteiger partial charge in [-0.1, -0.05) is 41.4 Å². The van der Waals surface area contributed by atoms with Gasteiger partial charge in [-0.15, -0.1) is 0 Å². The lowest BCUT2D eigenvalue weighted by Crippen LogP contribution is -2.32. The van der Waals surface area contributed by atoms with Gasteiger partial charge in [-0.25, -0.2) is 4.99 Å². The molecule has 0 unspecified atom stereocenters. The van der Waals surface area contributed by atoms with Crippen LogP contribution >= 0.6 is 23.2 Å². The molecule has 4 rings (SSSR count). The Balaban J connectivity index is 1.83. The fourth-order valence-corrected chi connectivity index (χ4v) is 3.32. The molecule has 1 amide bonds. The zero-order valence-electron chi connectivity index (χ0n) is 15.5. The summed E-state index contributed by atoms with van der Waals surface area (Å²) in [7, 11) is 1.59. The van der Waals surface area contributed by atoms with Gasteiger partial charge in [0.25, 0.3) is 5.91 Å². The molecule has 0 aromatic heterocycles. The highest BCUT2D eigenvalue weighted by Crippen LogP contribution is 2.30. The fraction of sp³-hybridized carbons (Fsp3) is 0.0435. The van der Waals surface area contributed by atoms with Crippen LogP contribution in [0.3, 0.4) is 0 Å². The molecule has 0 atom stereocenters. The molecule has 29 heavy (non-hydrogen) atoms. The molecule has 0 aliphatic carbocycles. The summed E-state index contributed by atoms with van der Waals surface area (Å²) >= 11 is 12.0. The largest absolute Gasteiger partial charge is 0.496 e. The Kier molecular flexibility index (Phi) is 5.38. The number of amides is 1. The molecule has 0 N–H and O–H groups in total. The molecular formula is C23H16Cl2N2O2. The van der Waals surface area contributed by atoms with Crippen molar-refractivity contribution in [3.63, 3.8) is 0 Å². The summed E-state index contributed by atoms with van der Waals surface area (Å²) in [5.41, 5.74) is 2.54. The number of amidine groups is 1. The summed E-state index contributed by atoms with van der Waals surface area (Å²) in [5.74, 6) is 0.958. The zero-order valence-corrected chi connectivity index (χ0v) is 17.0. The summed E-state index contributed by atoms with van der Waals surface area (Å²) in [5, 5.41) is 1.21. The number of hydrogen-bond acceptors (Lipinski definition) is 3. The Morgan fingerprint density at radius 2 is 1.52 bits per heavy atom. The molecule has 144 valence electrons. The third-order valence-electron chi connectivity index (χ3n) is 4.48. The van der Waals surface area contributed by atoms with E-state index in [1.54, 1.807) is 54.5 Å². The first-order chi connectivity index (χ1) is 14.1. The van der Waals surface area contributed by atoms with Crippen molar-refractivity contribution in [1.82, 2.24) is 0 Å². The highest BCUT2D eigenvalue weighted by molar-refractivity contribution is 6.34. The van der Waals surface area contributed by atoms with E-state index in [1.807, 2.05) is 36.4 Å². The van der Waals surface area contributed by atoms with Crippen LogP contribution in [0.15, 0.2) is 83.5 Å². The van der Waals surface area contributed by atoms with Crippen molar-refractivity contribution in [2.75, 3.05) is 12.0 Å². The van der Waals surface area contributed by atoms with Crippen LogP contribution in [0, 0.1) is 0 Å². The van der Waals surface area contributed by atoms with Gasteiger partial charge in [-0.05, 0) is 60.7 Å². The van der Waals surface area contributed by atoms with E-state index in [0.29, 0.717) is 33.0 Å². The second-order valence-corrected chi connectivity index (χ2v) is 7.20. The number of halogens is 2. The van der Waals surface area contributed by atoms with Gasteiger partial charge in [-0.2, -0.15) is 0 Å². The number of ether oxygens (including phenoxy) is 1. The number of hydrogen-bond donors (Lipinski definition) is 0. The molecule has 0 saturated heterocycles. The molecule has 3 aromatic carbocycles. The van der Waals surface area contributed by atoms with E-state index in [0.717, 1.165) is 11.1 Å². The number of aliphatic imine (C=N–C) groups is 1. The molecule has 1 heterocycles. The lowest BCUT2D eigenvalue weighted by atomic mass is 10.1. The lowest BCUT2D eigenvalue weighted by molar-refractivity contribution is -0.113. The van der Waals surface area contributed by atoms with Crippen molar-refractivity contribution in [3.8, 4) is 5.75 Å². The molecule has 0 spiro atoms. The summed E-state index contributed by atoms with van der Waals surface area (Å²) in [6, 6.07) is 21.8. The van der Waals surface area contributed by atoms with Crippen LogP contribution in [0.25, 0.3) is 6.08 Å². The molecule has 4 nitrogen and oxygen atoms in total. The number of benzene rings is 3. The van der Waals surface area contributed by atoms with Gasteiger partial charge in [0.1, 0.15) is 17.3 Å². The van der Waals surface area contributed by atoms with Crippen LogP contribution in [0.5, 0.6) is 5.75 Å². The predicted molar refractivity (Wildman–Crippen MR) is 118 cm³/mol. The van der Waals surface area contributed by atoms with Crippen molar-refractivity contribution in [3.05, 3.63) is 99.7 Å². The first-order valence-electron chi connectivity index (χ1n) is 8.86. The molecule has 3 aromatic rings. The third-order valence-corrected chi connectivity index (χ3v) is 4.98. The Morgan fingerprint density at radius 1 is 0.897 bits per heavy atom. The predicted octanol–water partition coefficient (Wildman–Crippen LogP) is 5.84. The highest BCUT2D eigenvalue weighted by atomic mass is 35.5. The van der Waals surface area contributed by atoms with Crippen LogP contribution in [0.1, 0.15) is 11.1 Å². The van der Waals surface area contributed by atoms with Crippen molar-refractivity contribution >= 4 is 46.7 Å². The third kappa shape index (κ3) is 3.90. The summed E-state index contributed by atoms with van der Waals surface area (Å²) in [6.07, 6.45) is 1.73. The van der Waals surface area contributed by atoms with Crippen LogP contribution in [0.4, 0.5) is 5.69 Å². The van der Waals surface area contributed by atoms with E-state index in [2.05, 4.69) is 4.99 Å². The van der Waals surface area contributed by atoms with Gasteiger partial charge in [0.2, 0.25) is 0 Å². The van der Waals surface area contributed by atoms with E-state index >= 15 is 0 Å². The Morgan fingerprint density at radius 3 is 2.17 bits per heavy atom. The maximum absolute atomic E-state index is 13.3. The zero-order chi connectivity index (χ0) is 20.4. The van der Waals surface area contributed by atoms with Crippen molar-refractivity contribution < 1.29 is 9.53 Å². The monoisotopic (exact) mass is 422 g/mol. The quantitative estimate of drug-likeness (QED) is 0.495.